The molecule has 1 aliphatic rings. The summed E-state index contributed by atoms with van der Waals surface area (Å²) in [5.74, 6) is 2.47. The van der Waals surface area contributed by atoms with E-state index in [-0.39, 0.29) is 0 Å². The van der Waals surface area contributed by atoms with Crippen molar-refractivity contribution >= 4 is 11.9 Å². The molecule has 0 aromatic heterocycles. The first-order valence-electron chi connectivity index (χ1n) is 6.79. The molecule has 108 valence electrons. The first-order valence-corrected chi connectivity index (χ1v) is 6.79. The molecule has 0 saturated heterocycles. The van der Waals surface area contributed by atoms with Crippen LogP contribution >= 0.6 is 0 Å². The summed E-state index contributed by atoms with van der Waals surface area (Å²) in [4.78, 5) is 0. The summed E-state index contributed by atoms with van der Waals surface area (Å²) in [6, 6.07) is 11.9. The average Bonchev–Trinajstić information content (AvgIpc) is 2.54. The van der Waals surface area contributed by atoms with Crippen molar-refractivity contribution in [2.45, 2.75) is 6.92 Å². The minimum atomic E-state index is 0.459. The van der Waals surface area contributed by atoms with Crippen molar-refractivity contribution < 1.29 is 18.8 Å². The van der Waals surface area contributed by atoms with Gasteiger partial charge in [-0.2, -0.15) is 4.58 Å². The van der Waals surface area contributed by atoms with Crippen LogP contribution in [0.5, 0.6) is 17.2 Å². The lowest BCUT2D eigenvalue weighted by molar-refractivity contribution is -0.476. The van der Waals surface area contributed by atoms with E-state index in [1.807, 2.05) is 34.9 Å². The Morgan fingerprint density at radius 2 is 1.95 bits per heavy atom. The summed E-state index contributed by atoms with van der Waals surface area (Å²) in [6.07, 6.45) is 2.08. The second-order valence-corrected chi connectivity index (χ2v) is 4.90. The van der Waals surface area contributed by atoms with Crippen LogP contribution in [-0.2, 0) is 0 Å². The standard InChI is InChI=1S/C17H18NO3/c1-12-5-4-6-13-10-18(11-21-17(12)13)15-8-7-14(19-2)9-16(15)20-3/h4-10H,11H2,1-3H3/q+1. The highest BCUT2D eigenvalue weighted by molar-refractivity contribution is 5.82. The Kier molecular flexibility index (Phi) is 3.52. The van der Waals surface area contributed by atoms with Crippen LogP contribution in [0.25, 0.3) is 0 Å². The van der Waals surface area contributed by atoms with Gasteiger partial charge in [0, 0.05) is 12.1 Å². The molecule has 0 saturated carbocycles. The highest BCUT2D eigenvalue weighted by atomic mass is 16.5. The summed E-state index contributed by atoms with van der Waals surface area (Å²) in [5, 5.41) is 0. The number of methoxy groups -OCH3 is 2. The SMILES string of the molecule is COc1ccc([N+]2=Cc3cccc(C)c3OC2)c(OC)c1. The van der Waals surface area contributed by atoms with Gasteiger partial charge in [-0.3, -0.25) is 0 Å². The maximum Gasteiger partial charge on any atom is 0.292 e. The number of fused-ring (bicyclic) bond motifs is 1. The van der Waals surface area contributed by atoms with E-state index in [1.54, 1.807) is 14.2 Å². The van der Waals surface area contributed by atoms with Gasteiger partial charge in [0.25, 0.3) is 12.4 Å². The summed E-state index contributed by atoms with van der Waals surface area (Å²) in [7, 11) is 3.30. The number of para-hydroxylation sites is 1. The minimum Gasteiger partial charge on any atom is -0.497 e. The number of benzene rings is 2. The number of nitrogens with zero attached hydrogens (tertiary/aromatic N) is 1. The Balaban J connectivity index is 2.06. The predicted molar refractivity (Wildman–Crippen MR) is 81.3 cm³/mol. The van der Waals surface area contributed by atoms with E-state index < -0.39 is 0 Å². The van der Waals surface area contributed by atoms with E-state index >= 15 is 0 Å². The lowest BCUT2D eigenvalue weighted by Gasteiger charge is -2.16. The van der Waals surface area contributed by atoms with Crippen LogP contribution in [0.3, 0.4) is 0 Å². The van der Waals surface area contributed by atoms with Crippen LogP contribution in [-0.4, -0.2) is 31.7 Å². The topological polar surface area (TPSA) is 30.7 Å². The molecular weight excluding hydrogens is 266 g/mol. The molecule has 2 aromatic rings. The van der Waals surface area contributed by atoms with Gasteiger partial charge in [-0.05, 0) is 24.6 Å². The van der Waals surface area contributed by atoms with E-state index in [0.29, 0.717) is 6.73 Å². The van der Waals surface area contributed by atoms with Gasteiger partial charge >= 0.3 is 0 Å². The summed E-state index contributed by atoms with van der Waals surface area (Å²) >= 11 is 0. The van der Waals surface area contributed by atoms with Crippen molar-refractivity contribution in [1.82, 2.24) is 0 Å². The molecule has 21 heavy (non-hydrogen) atoms. The van der Waals surface area contributed by atoms with Crippen molar-refractivity contribution in [3.8, 4) is 17.2 Å². The first kappa shape index (κ1) is 13.5. The first-order chi connectivity index (χ1) is 10.2. The predicted octanol–water partition coefficient (Wildman–Crippen LogP) is 3.13. The van der Waals surface area contributed by atoms with Gasteiger partial charge in [0.15, 0.2) is 12.0 Å². The van der Waals surface area contributed by atoms with Gasteiger partial charge in [0.2, 0.25) is 0 Å². The number of aryl methyl sites for hydroxylation is 1. The van der Waals surface area contributed by atoms with Gasteiger partial charge in [-0.1, -0.05) is 12.1 Å². The molecule has 1 aliphatic heterocycles. The van der Waals surface area contributed by atoms with Crippen LogP contribution in [0.2, 0.25) is 0 Å². The highest BCUT2D eigenvalue weighted by Crippen LogP contribution is 2.33. The van der Waals surface area contributed by atoms with E-state index in [9.17, 15) is 0 Å². The summed E-state index contributed by atoms with van der Waals surface area (Å²) in [6.45, 7) is 2.51. The zero-order valence-electron chi connectivity index (χ0n) is 12.4. The minimum absolute atomic E-state index is 0.459. The molecule has 0 radical (unpaired) electrons. The van der Waals surface area contributed by atoms with Gasteiger partial charge in [-0.25, -0.2) is 0 Å². The fraction of sp³-hybridized carbons (Fsp3) is 0.235. The van der Waals surface area contributed by atoms with Crippen LogP contribution < -0.4 is 14.2 Å². The fourth-order valence-corrected chi connectivity index (χ4v) is 2.47. The Morgan fingerprint density at radius 1 is 1.10 bits per heavy atom. The monoisotopic (exact) mass is 284 g/mol. The second-order valence-electron chi connectivity index (χ2n) is 4.90. The molecule has 4 heteroatoms. The molecule has 0 N–H and O–H groups in total. The molecule has 0 bridgehead atoms. The maximum atomic E-state index is 5.89. The largest absolute Gasteiger partial charge is 0.497 e. The van der Waals surface area contributed by atoms with Gasteiger partial charge in [-0.15, -0.1) is 0 Å². The van der Waals surface area contributed by atoms with Crippen LogP contribution in [0, 0.1) is 6.92 Å². The van der Waals surface area contributed by atoms with E-state index in [1.165, 1.54) is 0 Å². The Hall–Kier alpha value is -2.49. The molecule has 0 aliphatic carbocycles. The van der Waals surface area contributed by atoms with Gasteiger partial charge in [0.1, 0.15) is 11.5 Å². The fourth-order valence-electron chi connectivity index (χ4n) is 2.47. The smallest absolute Gasteiger partial charge is 0.292 e. The number of hydrogen-bond acceptors (Lipinski definition) is 3. The van der Waals surface area contributed by atoms with E-state index in [2.05, 4.69) is 19.2 Å². The van der Waals surface area contributed by atoms with Crippen molar-refractivity contribution in [2.75, 3.05) is 21.0 Å². The van der Waals surface area contributed by atoms with Gasteiger partial charge < -0.3 is 14.2 Å². The average molecular weight is 284 g/mol. The number of hydrogen-bond donors (Lipinski definition) is 0. The normalized spacial score (nSPS) is 13.0. The van der Waals surface area contributed by atoms with Crippen molar-refractivity contribution in [1.29, 1.82) is 0 Å². The van der Waals surface area contributed by atoms with Gasteiger partial charge in [0.05, 0.1) is 19.8 Å². The molecule has 0 amide bonds. The second kappa shape index (κ2) is 5.48. The Labute approximate surface area is 124 Å². The quantitative estimate of drug-likeness (QED) is 0.811. The molecule has 0 atom stereocenters. The number of rotatable bonds is 3. The zero-order valence-corrected chi connectivity index (χ0v) is 12.4. The lowest BCUT2D eigenvalue weighted by atomic mass is 10.1. The van der Waals surface area contributed by atoms with E-state index in [0.717, 1.165) is 34.1 Å². The maximum absolute atomic E-state index is 5.89. The summed E-state index contributed by atoms with van der Waals surface area (Å²) < 4.78 is 18.6. The third-order valence-corrected chi connectivity index (χ3v) is 3.58. The van der Waals surface area contributed by atoms with Crippen molar-refractivity contribution in [2.24, 2.45) is 0 Å². The summed E-state index contributed by atoms with van der Waals surface area (Å²) in [5.41, 5.74) is 3.16. The molecule has 0 fully saturated rings. The molecule has 4 nitrogen and oxygen atoms in total. The third kappa shape index (κ3) is 2.44. The van der Waals surface area contributed by atoms with Crippen molar-refractivity contribution in [3.05, 3.63) is 47.5 Å². The Morgan fingerprint density at radius 3 is 2.71 bits per heavy atom. The van der Waals surface area contributed by atoms with Crippen molar-refractivity contribution in [3.63, 3.8) is 0 Å². The lowest BCUT2D eigenvalue weighted by Crippen LogP contribution is -2.21. The highest BCUT2D eigenvalue weighted by Gasteiger charge is 2.23. The Bertz CT molecular complexity index is 707. The van der Waals surface area contributed by atoms with E-state index in [4.69, 9.17) is 14.2 Å². The molecule has 2 aromatic carbocycles. The molecule has 0 unspecified atom stereocenters. The molecule has 0 spiro atoms. The van der Waals surface area contributed by atoms with Crippen LogP contribution in [0.15, 0.2) is 36.4 Å². The van der Waals surface area contributed by atoms with Crippen LogP contribution in [0.4, 0.5) is 5.69 Å². The molecular formula is C17H18NO3+. The van der Waals surface area contributed by atoms with Crippen LogP contribution in [0.1, 0.15) is 11.1 Å². The third-order valence-electron chi connectivity index (χ3n) is 3.58. The molecule has 1 heterocycles. The number of ether oxygens (including phenoxy) is 3. The zero-order chi connectivity index (χ0) is 14.8. The molecule has 3 rings (SSSR count).